The van der Waals surface area contributed by atoms with Crippen molar-refractivity contribution >= 4 is 28.2 Å². The first-order valence-electron chi connectivity index (χ1n) is 12.3. The number of nitrogens with zero attached hydrogens (tertiary/aromatic N) is 3. The Morgan fingerprint density at radius 3 is 1.97 bits per heavy atom. The van der Waals surface area contributed by atoms with Crippen LogP contribution >= 0.6 is 0 Å². The molecule has 7 nitrogen and oxygen atoms in total. The Morgan fingerprint density at radius 2 is 1.43 bits per heavy atom. The molecule has 5 aromatic rings. The summed E-state index contributed by atoms with van der Waals surface area (Å²) in [5.41, 5.74) is 8.33. The molecular formula is C30H31N5O2. The van der Waals surface area contributed by atoms with E-state index in [-0.39, 0.29) is 5.69 Å². The van der Waals surface area contributed by atoms with Crippen molar-refractivity contribution in [2.45, 2.75) is 13.3 Å². The Hall–Kier alpha value is -4.52. The number of carboxylic acid groups (broad SMARTS) is 1. The van der Waals surface area contributed by atoms with Crippen molar-refractivity contribution in [2.24, 2.45) is 0 Å². The SMILES string of the molecule is CCc1ccc2[nH]c(C(=O)O)c(-c3nc(-c4ccc(N(C)C)cc4)c(-c4ccc(N(C)C)cc4)[nH]3)c2c1. The van der Waals surface area contributed by atoms with Gasteiger partial charge in [0.05, 0.1) is 17.0 Å². The summed E-state index contributed by atoms with van der Waals surface area (Å²) in [6, 6.07) is 22.5. The van der Waals surface area contributed by atoms with Crippen LogP contribution in [0.1, 0.15) is 23.0 Å². The number of aromatic nitrogens is 3. The van der Waals surface area contributed by atoms with Crippen LogP contribution in [-0.2, 0) is 6.42 Å². The van der Waals surface area contributed by atoms with E-state index in [0.29, 0.717) is 11.4 Å². The molecule has 0 spiro atoms. The highest BCUT2D eigenvalue weighted by Crippen LogP contribution is 2.38. The normalized spacial score (nSPS) is 11.2. The minimum Gasteiger partial charge on any atom is -0.477 e. The van der Waals surface area contributed by atoms with Crippen LogP contribution in [0.25, 0.3) is 44.8 Å². The average molecular weight is 494 g/mol. The average Bonchev–Trinajstić information content (AvgIpc) is 3.50. The lowest BCUT2D eigenvalue weighted by Gasteiger charge is -2.13. The van der Waals surface area contributed by atoms with Crippen LogP contribution in [0.3, 0.4) is 0 Å². The maximum absolute atomic E-state index is 12.3. The highest BCUT2D eigenvalue weighted by molar-refractivity contribution is 6.07. The number of aromatic amines is 2. The summed E-state index contributed by atoms with van der Waals surface area (Å²) in [5.74, 6) is -0.496. The molecule has 0 fully saturated rings. The lowest BCUT2D eigenvalue weighted by atomic mass is 10.0. The molecule has 3 aromatic carbocycles. The zero-order chi connectivity index (χ0) is 26.3. The third kappa shape index (κ3) is 4.44. The molecule has 0 aliphatic carbocycles. The third-order valence-electron chi connectivity index (χ3n) is 6.76. The maximum Gasteiger partial charge on any atom is 0.353 e. The fourth-order valence-electron chi connectivity index (χ4n) is 4.62. The zero-order valence-electron chi connectivity index (χ0n) is 21.8. The molecule has 3 N–H and O–H groups in total. The predicted octanol–water partition coefficient (Wildman–Crippen LogP) is 6.28. The maximum atomic E-state index is 12.3. The van der Waals surface area contributed by atoms with Crippen molar-refractivity contribution in [1.82, 2.24) is 15.0 Å². The molecule has 0 saturated heterocycles. The molecular weight excluding hydrogens is 462 g/mol. The highest BCUT2D eigenvalue weighted by atomic mass is 16.4. The monoisotopic (exact) mass is 493 g/mol. The first kappa shape index (κ1) is 24.2. The number of hydrogen-bond donors (Lipinski definition) is 3. The molecule has 0 unspecified atom stereocenters. The second kappa shape index (κ2) is 9.50. The minimum absolute atomic E-state index is 0.126. The number of rotatable bonds is 7. The molecule has 5 rings (SSSR count). The lowest BCUT2D eigenvalue weighted by molar-refractivity contribution is 0.0692. The van der Waals surface area contributed by atoms with Gasteiger partial charge in [-0.3, -0.25) is 0 Å². The van der Waals surface area contributed by atoms with Crippen LogP contribution < -0.4 is 9.80 Å². The van der Waals surface area contributed by atoms with Gasteiger partial charge in [0.2, 0.25) is 0 Å². The molecule has 7 heteroatoms. The van der Waals surface area contributed by atoms with Gasteiger partial charge in [0.25, 0.3) is 0 Å². The topological polar surface area (TPSA) is 88.2 Å². The van der Waals surface area contributed by atoms with E-state index < -0.39 is 5.97 Å². The number of hydrogen-bond acceptors (Lipinski definition) is 4. The Labute approximate surface area is 216 Å². The van der Waals surface area contributed by atoms with Crippen LogP contribution in [-0.4, -0.2) is 54.2 Å². The quantitative estimate of drug-likeness (QED) is 0.248. The van der Waals surface area contributed by atoms with Gasteiger partial charge < -0.3 is 24.9 Å². The molecule has 0 radical (unpaired) electrons. The number of nitrogens with one attached hydrogen (secondary N) is 2. The van der Waals surface area contributed by atoms with Crippen molar-refractivity contribution in [3.8, 4) is 33.9 Å². The summed E-state index contributed by atoms with van der Waals surface area (Å²) in [6.07, 6.45) is 0.855. The second-order valence-corrected chi connectivity index (χ2v) is 9.61. The van der Waals surface area contributed by atoms with E-state index in [1.165, 1.54) is 0 Å². The molecule has 0 atom stereocenters. The molecule has 0 saturated carbocycles. The Kier molecular flexibility index (Phi) is 6.21. The number of benzene rings is 3. The van der Waals surface area contributed by atoms with E-state index in [4.69, 9.17) is 4.98 Å². The Morgan fingerprint density at radius 1 is 0.838 bits per heavy atom. The van der Waals surface area contributed by atoms with E-state index in [1.54, 1.807) is 0 Å². The smallest absolute Gasteiger partial charge is 0.353 e. The number of carboxylic acids is 1. The summed E-state index contributed by atoms with van der Waals surface area (Å²) in [4.78, 5) is 28.0. The second-order valence-electron chi connectivity index (χ2n) is 9.61. The van der Waals surface area contributed by atoms with Crippen molar-refractivity contribution in [1.29, 1.82) is 0 Å². The van der Waals surface area contributed by atoms with Crippen LogP contribution in [0, 0.1) is 0 Å². The van der Waals surface area contributed by atoms with E-state index in [2.05, 4.69) is 75.2 Å². The van der Waals surface area contributed by atoms with Gasteiger partial charge in [-0.05, 0) is 48.4 Å². The van der Waals surface area contributed by atoms with Gasteiger partial charge in [-0.1, -0.05) is 37.3 Å². The van der Waals surface area contributed by atoms with Gasteiger partial charge >= 0.3 is 5.97 Å². The highest BCUT2D eigenvalue weighted by Gasteiger charge is 2.24. The van der Waals surface area contributed by atoms with Gasteiger partial charge in [0.15, 0.2) is 0 Å². The number of aryl methyl sites for hydroxylation is 1. The molecule has 188 valence electrons. The Bertz CT molecular complexity index is 1510. The van der Waals surface area contributed by atoms with Crippen molar-refractivity contribution in [3.05, 3.63) is 78.0 Å². The van der Waals surface area contributed by atoms with Crippen LogP contribution in [0.4, 0.5) is 11.4 Å². The van der Waals surface area contributed by atoms with Gasteiger partial charge in [0, 0.05) is 61.6 Å². The zero-order valence-corrected chi connectivity index (χ0v) is 21.8. The van der Waals surface area contributed by atoms with Crippen molar-refractivity contribution in [3.63, 3.8) is 0 Å². The molecule has 2 aromatic heterocycles. The first-order valence-corrected chi connectivity index (χ1v) is 12.3. The van der Waals surface area contributed by atoms with Gasteiger partial charge in [-0.15, -0.1) is 0 Å². The molecule has 0 aliphatic rings. The number of fused-ring (bicyclic) bond motifs is 1. The molecule has 2 heterocycles. The van der Waals surface area contributed by atoms with Crippen LogP contribution in [0.5, 0.6) is 0 Å². The number of carbonyl (C=O) groups is 1. The van der Waals surface area contributed by atoms with Crippen LogP contribution in [0.2, 0.25) is 0 Å². The summed E-state index contributed by atoms with van der Waals surface area (Å²) >= 11 is 0. The molecule has 0 amide bonds. The van der Waals surface area contributed by atoms with Gasteiger partial charge in [0.1, 0.15) is 11.5 Å². The number of H-pyrrole nitrogens is 2. The fourth-order valence-corrected chi connectivity index (χ4v) is 4.62. The third-order valence-corrected chi connectivity index (χ3v) is 6.76. The van der Waals surface area contributed by atoms with E-state index >= 15 is 0 Å². The fraction of sp³-hybridized carbons (Fsp3) is 0.200. The van der Waals surface area contributed by atoms with E-state index in [9.17, 15) is 9.90 Å². The molecule has 0 bridgehead atoms. The van der Waals surface area contributed by atoms with E-state index in [1.807, 2.05) is 46.4 Å². The summed E-state index contributed by atoms with van der Waals surface area (Å²) in [7, 11) is 8.04. The lowest BCUT2D eigenvalue weighted by Crippen LogP contribution is -2.08. The first-order chi connectivity index (χ1) is 17.8. The van der Waals surface area contributed by atoms with Crippen molar-refractivity contribution < 1.29 is 9.90 Å². The molecule has 0 aliphatic heterocycles. The predicted molar refractivity (Wildman–Crippen MR) is 152 cm³/mol. The number of imidazole rings is 1. The summed E-state index contributed by atoms with van der Waals surface area (Å²) in [6.45, 7) is 2.09. The number of anilines is 2. The van der Waals surface area contributed by atoms with Gasteiger partial charge in [-0.25, -0.2) is 9.78 Å². The standard InChI is InChI=1S/C30H31N5O2/c1-6-18-7-16-24-23(17-18)25(28(31-24)30(36)37)29-32-26(19-8-12-21(13-9-19)34(2)3)27(33-29)20-10-14-22(15-11-20)35(4)5/h7-17,31H,6H2,1-5H3,(H,32,33)(H,36,37). The Balaban J connectivity index is 1.74. The largest absolute Gasteiger partial charge is 0.477 e. The minimum atomic E-state index is -1.02. The molecule has 37 heavy (non-hydrogen) atoms. The number of aromatic carboxylic acids is 1. The van der Waals surface area contributed by atoms with Crippen molar-refractivity contribution in [2.75, 3.05) is 38.0 Å². The van der Waals surface area contributed by atoms with Gasteiger partial charge in [-0.2, -0.15) is 0 Å². The summed E-state index contributed by atoms with van der Waals surface area (Å²) < 4.78 is 0. The van der Waals surface area contributed by atoms with Crippen LogP contribution in [0.15, 0.2) is 66.7 Å². The summed E-state index contributed by atoms with van der Waals surface area (Å²) in [5, 5.41) is 10.9. The van der Waals surface area contributed by atoms with E-state index in [0.717, 1.165) is 56.8 Å².